The van der Waals surface area contributed by atoms with Crippen LogP contribution < -0.4 is 15.6 Å². The summed E-state index contributed by atoms with van der Waals surface area (Å²) in [4.78, 5) is 33.2. The van der Waals surface area contributed by atoms with Gasteiger partial charge in [0.05, 0.1) is 36.9 Å². The summed E-state index contributed by atoms with van der Waals surface area (Å²) < 4.78 is 34.2. The molecule has 1 amide bonds. The first-order chi connectivity index (χ1) is 17.2. The van der Waals surface area contributed by atoms with E-state index in [1.807, 2.05) is 13.8 Å². The van der Waals surface area contributed by atoms with E-state index in [0.29, 0.717) is 29.9 Å². The van der Waals surface area contributed by atoms with Gasteiger partial charge in [-0.25, -0.2) is 8.78 Å². The normalized spacial score (nSPS) is 13.4. The monoisotopic (exact) mass is 564 g/mol. The molecule has 192 valence electrons. The SMILES string of the molecule is CC.Cc1cc(OCc2ccc(F)cc2F)c(Br)c(=O)n1Cc1cnc(CNC(=O)C2(O)CC2)cn1. The van der Waals surface area contributed by atoms with Crippen molar-refractivity contribution in [3.63, 3.8) is 0 Å². The molecule has 1 saturated carbocycles. The molecule has 4 rings (SSSR count). The summed E-state index contributed by atoms with van der Waals surface area (Å²) in [5.41, 5.74) is 0.165. The van der Waals surface area contributed by atoms with Crippen molar-refractivity contribution < 1.29 is 23.4 Å². The smallest absolute Gasteiger partial charge is 0.269 e. The van der Waals surface area contributed by atoms with E-state index < -0.39 is 23.1 Å². The minimum absolute atomic E-state index is 0.139. The lowest BCUT2D eigenvalue weighted by molar-refractivity contribution is -0.131. The second kappa shape index (κ2) is 11.7. The first-order valence-electron chi connectivity index (χ1n) is 11.4. The number of carbonyl (C=O) groups excluding carboxylic acids is 1. The highest BCUT2D eigenvalue weighted by molar-refractivity contribution is 9.10. The van der Waals surface area contributed by atoms with Crippen LogP contribution in [0.3, 0.4) is 0 Å². The fourth-order valence-electron chi connectivity index (χ4n) is 3.21. The summed E-state index contributed by atoms with van der Waals surface area (Å²) in [5, 5.41) is 12.4. The number of pyridine rings is 1. The summed E-state index contributed by atoms with van der Waals surface area (Å²) in [6.45, 7) is 5.84. The van der Waals surface area contributed by atoms with Crippen molar-refractivity contribution in [1.29, 1.82) is 0 Å². The highest BCUT2D eigenvalue weighted by Gasteiger charge is 2.47. The molecule has 0 bridgehead atoms. The van der Waals surface area contributed by atoms with Crippen molar-refractivity contribution in [3.8, 4) is 5.75 Å². The van der Waals surface area contributed by atoms with Crippen molar-refractivity contribution in [2.45, 2.75) is 58.9 Å². The first-order valence-corrected chi connectivity index (χ1v) is 12.2. The van der Waals surface area contributed by atoms with Crippen LogP contribution >= 0.6 is 15.9 Å². The van der Waals surface area contributed by atoms with Gasteiger partial charge in [-0.05, 0) is 47.8 Å². The molecule has 2 heterocycles. The van der Waals surface area contributed by atoms with Crippen LogP contribution in [0.5, 0.6) is 5.75 Å². The van der Waals surface area contributed by atoms with E-state index in [1.165, 1.54) is 23.0 Å². The van der Waals surface area contributed by atoms with Gasteiger partial charge in [0.1, 0.15) is 34.1 Å². The second-order valence-corrected chi connectivity index (χ2v) is 8.89. The third kappa shape index (κ3) is 6.52. The molecule has 2 aromatic heterocycles. The Morgan fingerprint density at radius 1 is 1.19 bits per heavy atom. The van der Waals surface area contributed by atoms with Crippen LogP contribution in [0, 0.1) is 18.6 Å². The molecule has 0 spiro atoms. The van der Waals surface area contributed by atoms with Gasteiger partial charge in [0.25, 0.3) is 11.5 Å². The summed E-state index contributed by atoms with van der Waals surface area (Å²) in [6.07, 6.45) is 3.92. The number of ether oxygens (including phenoxy) is 1. The molecule has 0 radical (unpaired) electrons. The van der Waals surface area contributed by atoms with Gasteiger partial charge in [0.2, 0.25) is 0 Å². The molecule has 0 atom stereocenters. The Morgan fingerprint density at radius 2 is 1.86 bits per heavy atom. The van der Waals surface area contributed by atoms with E-state index in [0.717, 1.165) is 12.1 Å². The molecular weight excluding hydrogens is 538 g/mol. The number of amides is 1. The first kappa shape index (κ1) is 27.4. The number of aliphatic hydroxyl groups is 1. The van der Waals surface area contributed by atoms with E-state index >= 15 is 0 Å². The van der Waals surface area contributed by atoms with E-state index in [-0.39, 0.29) is 41.0 Å². The highest BCUT2D eigenvalue weighted by atomic mass is 79.9. The van der Waals surface area contributed by atoms with Gasteiger partial charge in [0, 0.05) is 23.4 Å². The minimum atomic E-state index is -1.25. The fourth-order valence-corrected chi connectivity index (χ4v) is 3.65. The minimum Gasteiger partial charge on any atom is -0.487 e. The number of hydrogen-bond acceptors (Lipinski definition) is 6. The fraction of sp³-hybridized carbons (Fsp3) is 0.360. The molecule has 8 nitrogen and oxygen atoms in total. The Balaban J connectivity index is 0.00000176. The second-order valence-electron chi connectivity index (χ2n) is 8.09. The largest absolute Gasteiger partial charge is 0.487 e. The van der Waals surface area contributed by atoms with Crippen molar-refractivity contribution in [3.05, 3.63) is 85.8 Å². The number of nitrogens with one attached hydrogen (secondary N) is 1. The number of hydrogen-bond donors (Lipinski definition) is 2. The average molecular weight is 565 g/mol. The van der Waals surface area contributed by atoms with Gasteiger partial charge < -0.3 is 19.7 Å². The van der Waals surface area contributed by atoms with Crippen molar-refractivity contribution in [1.82, 2.24) is 19.9 Å². The van der Waals surface area contributed by atoms with Crippen LogP contribution in [-0.2, 0) is 24.5 Å². The topological polar surface area (TPSA) is 106 Å². The lowest BCUT2D eigenvalue weighted by Crippen LogP contribution is -2.35. The molecule has 36 heavy (non-hydrogen) atoms. The third-order valence-corrected chi connectivity index (χ3v) is 6.20. The maximum Gasteiger partial charge on any atom is 0.269 e. The Morgan fingerprint density at radius 3 is 2.47 bits per heavy atom. The zero-order chi connectivity index (χ0) is 26.5. The standard InChI is InChI=1S/C23H21BrF2N4O4.C2H6/c1-13-6-19(34-12-14-2-3-15(25)7-18(14)26)20(24)21(31)30(13)11-17-10-27-16(8-28-17)9-29-22(32)23(33)4-5-23;1-2/h2-3,6-8,10,33H,4-5,9,11-12H2,1H3,(H,29,32);1-2H3. The quantitative estimate of drug-likeness (QED) is 0.431. The van der Waals surface area contributed by atoms with Crippen molar-refractivity contribution >= 4 is 21.8 Å². The number of aryl methyl sites for hydroxylation is 1. The third-order valence-electron chi connectivity index (χ3n) is 5.47. The predicted molar refractivity (Wildman–Crippen MR) is 132 cm³/mol. The lowest BCUT2D eigenvalue weighted by Gasteiger charge is -2.15. The maximum absolute atomic E-state index is 13.8. The molecule has 0 saturated heterocycles. The van der Waals surface area contributed by atoms with Gasteiger partial charge in [-0.1, -0.05) is 13.8 Å². The molecule has 11 heteroatoms. The van der Waals surface area contributed by atoms with Crippen LogP contribution in [-0.4, -0.2) is 31.1 Å². The lowest BCUT2D eigenvalue weighted by atomic mass is 10.2. The molecular formula is C25H27BrF2N4O4. The number of nitrogens with zero attached hydrogens (tertiary/aromatic N) is 3. The Kier molecular flexibility index (Phi) is 8.91. The molecule has 1 aromatic carbocycles. The molecule has 1 aliphatic carbocycles. The molecule has 0 aliphatic heterocycles. The summed E-state index contributed by atoms with van der Waals surface area (Å²) in [6, 6.07) is 4.82. The van der Waals surface area contributed by atoms with Gasteiger partial charge in [-0.15, -0.1) is 0 Å². The van der Waals surface area contributed by atoms with E-state index in [4.69, 9.17) is 4.74 Å². The predicted octanol–water partition coefficient (Wildman–Crippen LogP) is 3.78. The molecule has 3 aromatic rings. The van der Waals surface area contributed by atoms with Crippen molar-refractivity contribution in [2.24, 2.45) is 0 Å². The Bertz CT molecular complexity index is 1290. The summed E-state index contributed by atoms with van der Waals surface area (Å²) in [5.74, 6) is -1.60. The number of benzene rings is 1. The summed E-state index contributed by atoms with van der Waals surface area (Å²) >= 11 is 3.24. The average Bonchev–Trinajstić information content (AvgIpc) is 3.63. The zero-order valence-corrected chi connectivity index (χ0v) is 21.7. The van der Waals surface area contributed by atoms with E-state index in [1.54, 1.807) is 13.0 Å². The van der Waals surface area contributed by atoms with Crippen LogP contribution in [0.1, 0.15) is 49.3 Å². The molecule has 1 aliphatic rings. The van der Waals surface area contributed by atoms with Gasteiger partial charge in [0.15, 0.2) is 0 Å². The number of halogens is 3. The van der Waals surface area contributed by atoms with Crippen LogP contribution in [0.15, 0.2) is 45.9 Å². The van der Waals surface area contributed by atoms with Crippen LogP contribution in [0.25, 0.3) is 0 Å². The highest BCUT2D eigenvalue weighted by Crippen LogP contribution is 2.35. The number of rotatable bonds is 8. The molecule has 1 fully saturated rings. The van der Waals surface area contributed by atoms with E-state index in [2.05, 4.69) is 31.2 Å². The van der Waals surface area contributed by atoms with Gasteiger partial charge in [-0.3, -0.25) is 19.6 Å². The van der Waals surface area contributed by atoms with E-state index in [9.17, 15) is 23.5 Å². The van der Waals surface area contributed by atoms with Crippen LogP contribution in [0.2, 0.25) is 0 Å². The Hall–Kier alpha value is -3.18. The van der Waals surface area contributed by atoms with Gasteiger partial charge >= 0.3 is 0 Å². The molecule has 2 N–H and O–H groups in total. The van der Waals surface area contributed by atoms with Crippen LogP contribution in [0.4, 0.5) is 8.78 Å². The van der Waals surface area contributed by atoms with Crippen molar-refractivity contribution in [2.75, 3.05) is 0 Å². The number of aromatic nitrogens is 3. The maximum atomic E-state index is 13.8. The summed E-state index contributed by atoms with van der Waals surface area (Å²) in [7, 11) is 0. The number of carbonyl (C=O) groups is 1. The zero-order valence-electron chi connectivity index (χ0n) is 20.1. The Labute approximate surface area is 215 Å². The van der Waals surface area contributed by atoms with Gasteiger partial charge in [-0.2, -0.15) is 0 Å². The molecule has 0 unspecified atom stereocenters.